The van der Waals surface area contributed by atoms with Crippen molar-refractivity contribution in [2.45, 2.75) is 13.3 Å². The Hall–Kier alpha value is -0.770. The average Bonchev–Trinajstić information content (AvgIpc) is 1.67. The molecule has 0 saturated heterocycles. The summed E-state index contributed by atoms with van der Waals surface area (Å²) in [7, 11) is 0. The highest BCUT2D eigenvalue weighted by molar-refractivity contribution is 5.63. The summed E-state index contributed by atoms with van der Waals surface area (Å²) in [5.41, 5.74) is 0. The summed E-state index contributed by atoms with van der Waals surface area (Å²) in [4.78, 5) is 9.77. The lowest BCUT2D eigenvalue weighted by Crippen LogP contribution is -2.25. The molecule has 0 bridgehead atoms. The Labute approximate surface area is 47.3 Å². The maximum absolute atomic E-state index is 9.77. The molecular weight excluding hydrogens is 110 g/mol. The van der Waals surface area contributed by atoms with Gasteiger partial charge in [0.05, 0.1) is 6.54 Å². The van der Waals surface area contributed by atoms with E-state index in [0.29, 0.717) is 6.42 Å². The zero-order chi connectivity index (χ0) is 6.57. The molecule has 1 amide bonds. The molecule has 0 unspecified atom stereocenters. The van der Waals surface area contributed by atoms with Gasteiger partial charge in [-0.15, -0.1) is 0 Å². The van der Waals surface area contributed by atoms with Gasteiger partial charge < -0.3 is 5.11 Å². The first-order valence-corrected chi connectivity index (χ1v) is 2.37. The Bertz CT molecular complexity index is 83.4. The maximum atomic E-state index is 9.77. The van der Waals surface area contributed by atoms with Crippen LogP contribution in [0, 0.1) is 0 Å². The van der Waals surface area contributed by atoms with E-state index in [1.807, 2.05) is 0 Å². The van der Waals surface area contributed by atoms with Gasteiger partial charge in [-0.25, -0.2) is 4.79 Å². The zero-order valence-corrected chi connectivity index (χ0v) is 4.66. The Morgan fingerprint density at radius 3 is 2.38 bits per heavy atom. The van der Waals surface area contributed by atoms with E-state index < -0.39 is 6.09 Å². The summed E-state index contributed by atoms with van der Waals surface area (Å²) in [6.07, 6.45) is -0.671. The first-order chi connectivity index (χ1) is 3.68. The van der Waals surface area contributed by atoms with Gasteiger partial charge in [0.2, 0.25) is 0 Å². The first-order valence-electron chi connectivity index (χ1n) is 2.37. The molecule has 0 spiro atoms. The van der Waals surface area contributed by atoms with Crippen LogP contribution >= 0.6 is 0 Å². The molecule has 0 aliphatic carbocycles. The molecule has 4 heteroatoms. The summed E-state index contributed by atoms with van der Waals surface area (Å²) < 4.78 is 0. The van der Waals surface area contributed by atoms with Crippen LogP contribution in [0.25, 0.3) is 0 Å². The Balaban J connectivity index is 3.32. The molecule has 0 heterocycles. The molecule has 0 aliphatic heterocycles. The van der Waals surface area contributed by atoms with Crippen LogP contribution in [0.4, 0.5) is 4.79 Å². The highest BCUT2D eigenvalue weighted by Gasteiger charge is 2.03. The van der Waals surface area contributed by atoms with E-state index in [-0.39, 0.29) is 11.6 Å². The van der Waals surface area contributed by atoms with Gasteiger partial charge >= 0.3 is 6.09 Å². The van der Waals surface area contributed by atoms with E-state index in [1.54, 1.807) is 6.92 Å². The molecule has 0 aromatic carbocycles. The quantitative estimate of drug-likeness (QED) is 0.416. The van der Waals surface area contributed by atoms with Gasteiger partial charge in [0, 0.05) is 0 Å². The first kappa shape index (κ1) is 7.23. The van der Waals surface area contributed by atoms with Crippen molar-refractivity contribution in [2.24, 2.45) is 0 Å². The molecule has 0 atom stereocenters. The monoisotopic (exact) mass is 119 g/mol. The zero-order valence-electron chi connectivity index (χ0n) is 4.66. The molecule has 2 N–H and O–H groups in total. The fourth-order valence-corrected chi connectivity index (χ4v) is 0.307. The fourth-order valence-electron chi connectivity index (χ4n) is 0.307. The van der Waals surface area contributed by atoms with Crippen molar-refractivity contribution < 1.29 is 15.1 Å². The van der Waals surface area contributed by atoms with Crippen LogP contribution in [0.5, 0.6) is 0 Å². The molecule has 48 valence electrons. The maximum Gasteiger partial charge on any atom is 0.431 e. The third kappa shape index (κ3) is 2.41. The van der Waals surface area contributed by atoms with Gasteiger partial charge in [-0.1, -0.05) is 6.92 Å². The lowest BCUT2D eigenvalue weighted by Gasteiger charge is -2.06. The molecular formula is C4H9NO3. The molecule has 0 rings (SSSR count). The lowest BCUT2D eigenvalue weighted by molar-refractivity contribution is -0.0633. The SMILES string of the molecule is CCCN(O)C(=O)O. The molecule has 0 aromatic rings. The molecule has 0 radical (unpaired) electrons. The van der Waals surface area contributed by atoms with Crippen LogP contribution in [-0.2, 0) is 0 Å². The number of nitrogens with zero attached hydrogens (tertiary/aromatic N) is 1. The second kappa shape index (κ2) is 3.26. The molecule has 8 heavy (non-hydrogen) atoms. The normalized spacial score (nSPS) is 8.75. The second-order valence-corrected chi connectivity index (χ2v) is 1.41. The van der Waals surface area contributed by atoms with Crippen LogP contribution < -0.4 is 0 Å². The summed E-state index contributed by atoms with van der Waals surface area (Å²) in [5.74, 6) is 0. The largest absolute Gasteiger partial charge is 0.463 e. The second-order valence-electron chi connectivity index (χ2n) is 1.41. The van der Waals surface area contributed by atoms with Crippen molar-refractivity contribution in [3.8, 4) is 0 Å². The van der Waals surface area contributed by atoms with Crippen molar-refractivity contribution >= 4 is 6.09 Å². The third-order valence-electron chi connectivity index (χ3n) is 0.656. The van der Waals surface area contributed by atoms with Crippen LogP contribution in [-0.4, -0.2) is 28.0 Å². The minimum atomic E-state index is -1.30. The van der Waals surface area contributed by atoms with E-state index in [0.717, 1.165) is 0 Å². The van der Waals surface area contributed by atoms with E-state index in [4.69, 9.17) is 10.3 Å². The predicted octanol–water partition coefficient (Wildman–Crippen LogP) is 0.766. The minimum Gasteiger partial charge on any atom is -0.463 e. The smallest absolute Gasteiger partial charge is 0.431 e. The third-order valence-corrected chi connectivity index (χ3v) is 0.656. The molecule has 4 nitrogen and oxygen atoms in total. The highest BCUT2D eigenvalue weighted by Crippen LogP contribution is 1.84. The number of rotatable bonds is 2. The lowest BCUT2D eigenvalue weighted by atomic mass is 10.5. The van der Waals surface area contributed by atoms with Crippen LogP contribution in [0.1, 0.15) is 13.3 Å². The molecule has 0 saturated carbocycles. The minimum absolute atomic E-state index is 0.176. The topological polar surface area (TPSA) is 60.8 Å². The fraction of sp³-hybridized carbons (Fsp3) is 0.750. The summed E-state index contributed by atoms with van der Waals surface area (Å²) in [5, 5.41) is 16.6. The van der Waals surface area contributed by atoms with Crippen LogP contribution in [0.2, 0.25) is 0 Å². The number of carboxylic acid groups (broad SMARTS) is 1. The van der Waals surface area contributed by atoms with Crippen LogP contribution in [0.15, 0.2) is 0 Å². The van der Waals surface area contributed by atoms with Crippen molar-refractivity contribution in [3.05, 3.63) is 0 Å². The standard InChI is InChI=1S/C4H9NO3/c1-2-3-5(8)4(6)7/h8H,2-3H2,1H3,(H,6,7). The number of hydrogen-bond donors (Lipinski definition) is 2. The Morgan fingerprint density at radius 1 is 1.75 bits per heavy atom. The van der Waals surface area contributed by atoms with Crippen molar-refractivity contribution in [3.63, 3.8) is 0 Å². The summed E-state index contributed by atoms with van der Waals surface area (Å²) in [6.45, 7) is 1.96. The van der Waals surface area contributed by atoms with Gasteiger partial charge in [-0.2, -0.15) is 5.06 Å². The molecule has 0 fully saturated rings. The van der Waals surface area contributed by atoms with Gasteiger partial charge in [0.25, 0.3) is 0 Å². The number of amides is 1. The number of carbonyl (C=O) groups is 1. The van der Waals surface area contributed by atoms with Gasteiger partial charge in [-0.3, -0.25) is 5.21 Å². The van der Waals surface area contributed by atoms with Crippen LogP contribution in [0.3, 0.4) is 0 Å². The molecule has 0 aliphatic rings. The summed E-state index contributed by atoms with van der Waals surface area (Å²) >= 11 is 0. The average molecular weight is 119 g/mol. The van der Waals surface area contributed by atoms with Crippen molar-refractivity contribution in [1.82, 2.24) is 5.06 Å². The summed E-state index contributed by atoms with van der Waals surface area (Å²) in [6, 6.07) is 0. The molecule has 0 aromatic heterocycles. The van der Waals surface area contributed by atoms with E-state index in [2.05, 4.69) is 0 Å². The van der Waals surface area contributed by atoms with E-state index in [1.165, 1.54) is 0 Å². The highest BCUT2D eigenvalue weighted by atomic mass is 16.6. The van der Waals surface area contributed by atoms with Gasteiger partial charge in [-0.05, 0) is 6.42 Å². The van der Waals surface area contributed by atoms with Crippen molar-refractivity contribution in [1.29, 1.82) is 0 Å². The van der Waals surface area contributed by atoms with Crippen molar-refractivity contribution in [2.75, 3.05) is 6.54 Å². The Kier molecular flexibility index (Phi) is 2.95. The van der Waals surface area contributed by atoms with Gasteiger partial charge in [0.1, 0.15) is 0 Å². The Morgan fingerprint density at radius 2 is 2.25 bits per heavy atom. The number of hydroxylamine groups is 2. The van der Waals surface area contributed by atoms with E-state index >= 15 is 0 Å². The van der Waals surface area contributed by atoms with E-state index in [9.17, 15) is 4.79 Å². The number of hydrogen-bond acceptors (Lipinski definition) is 2. The predicted molar refractivity (Wildman–Crippen MR) is 26.8 cm³/mol. The van der Waals surface area contributed by atoms with Gasteiger partial charge in [0.15, 0.2) is 0 Å².